The number of para-hydroxylation sites is 2. The summed E-state index contributed by atoms with van der Waals surface area (Å²) in [5.41, 5.74) is 15.0. The normalized spacial score (nSPS) is 13.5. The van der Waals surface area contributed by atoms with E-state index < -0.39 is 5.41 Å². The van der Waals surface area contributed by atoms with Gasteiger partial charge in [-0.3, -0.25) is 0 Å². The molecule has 0 fully saturated rings. The maximum atomic E-state index is 5.16. The predicted molar refractivity (Wildman–Crippen MR) is 226 cm³/mol. The third kappa shape index (κ3) is 4.29. The van der Waals surface area contributed by atoms with Gasteiger partial charge >= 0.3 is 0 Å². The van der Waals surface area contributed by atoms with Crippen LogP contribution in [0.4, 0.5) is 0 Å². The zero-order valence-corrected chi connectivity index (χ0v) is 30.5. The summed E-state index contributed by atoms with van der Waals surface area (Å²) in [6.45, 7) is 0. The van der Waals surface area contributed by atoms with Gasteiger partial charge in [0.2, 0.25) is 0 Å². The number of nitrogens with zero attached hydrogens (tertiary/aromatic N) is 3. The molecule has 55 heavy (non-hydrogen) atoms. The van der Waals surface area contributed by atoms with Crippen molar-refractivity contribution >= 4 is 44.5 Å². The van der Waals surface area contributed by atoms with Crippen molar-refractivity contribution in [2.75, 3.05) is 0 Å². The fourth-order valence-corrected chi connectivity index (χ4v) is 10.6. The van der Waals surface area contributed by atoms with E-state index in [2.05, 4.69) is 180 Å². The second-order valence-electron chi connectivity index (χ2n) is 14.5. The third-order valence-corrected chi connectivity index (χ3v) is 12.8. The molecule has 2 aliphatic rings. The molecular weight excluding hydrogens is 687 g/mol. The van der Waals surface area contributed by atoms with Crippen LogP contribution in [-0.2, 0) is 5.41 Å². The smallest absolute Gasteiger partial charge is 0.160 e. The molecule has 0 bridgehead atoms. The van der Waals surface area contributed by atoms with Crippen LogP contribution in [0.3, 0.4) is 0 Å². The monoisotopic (exact) mass is 717 g/mol. The van der Waals surface area contributed by atoms with E-state index in [0.717, 1.165) is 39.2 Å². The van der Waals surface area contributed by atoms with Crippen LogP contribution < -0.4 is 0 Å². The van der Waals surface area contributed by atoms with Gasteiger partial charge in [-0.2, -0.15) is 0 Å². The minimum atomic E-state index is -0.437. The summed E-state index contributed by atoms with van der Waals surface area (Å²) >= 11 is 1.88. The van der Waals surface area contributed by atoms with Crippen molar-refractivity contribution in [3.8, 4) is 39.5 Å². The van der Waals surface area contributed by atoms with E-state index in [1.54, 1.807) is 0 Å². The summed E-state index contributed by atoms with van der Waals surface area (Å²) in [6, 6.07) is 68.3. The minimum absolute atomic E-state index is 0.437. The molecule has 256 valence electrons. The molecule has 0 radical (unpaired) electrons. The SMILES string of the molecule is c1ccc(-c2nc(-c3ccc(-n4c5ccccc5c5cc6c(cc54)C4(c5ccccc5Sc5ccccc54)c4ccccc4-6)cc3)nc3ccccc23)cc1. The number of fused-ring (bicyclic) bond motifs is 13. The molecule has 0 atom stereocenters. The van der Waals surface area contributed by atoms with Crippen LogP contribution in [-0.4, -0.2) is 14.5 Å². The average molecular weight is 718 g/mol. The molecule has 3 nitrogen and oxygen atoms in total. The second kappa shape index (κ2) is 11.6. The summed E-state index contributed by atoms with van der Waals surface area (Å²) in [7, 11) is 0. The Morgan fingerprint density at radius 2 is 1.05 bits per heavy atom. The lowest BCUT2D eigenvalue weighted by Crippen LogP contribution is -2.31. The lowest BCUT2D eigenvalue weighted by atomic mass is 9.67. The second-order valence-corrected chi connectivity index (χ2v) is 15.6. The van der Waals surface area contributed by atoms with Crippen LogP contribution in [0, 0.1) is 0 Å². The van der Waals surface area contributed by atoms with Gasteiger partial charge in [0.05, 0.1) is 27.7 Å². The Morgan fingerprint density at radius 3 is 1.84 bits per heavy atom. The lowest BCUT2D eigenvalue weighted by molar-refractivity contribution is 0.723. The number of aromatic nitrogens is 3. The molecule has 0 N–H and O–H groups in total. The third-order valence-electron chi connectivity index (χ3n) is 11.7. The quantitative estimate of drug-likeness (QED) is 0.182. The van der Waals surface area contributed by atoms with E-state index in [0.29, 0.717) is 0 Å². The largest absolute Gasteiger partial charge is 0.309 e. The van der Waals surface area contributed by atoms with Crippen molar-refractivity contribution < 1.29 is 0 Å². The maximum Gasteiger partial charge on any atom is 0.160 e. The zero-order chi connectivity index (χ0) is 36.1. The Hall–Kier alpha value is -6.75. The van der Waals surface area contributed by atoms with Gasteiger partial charge in [0.15, 0.2) is 5.82 Å². The van der Waals surface area contributed by atoms with E-state index >= 15 is 0 Å². The van der Waals surface area contributed by atoms with Crippen molar-refractivity contribution in [1.29, 1.82) is 0 Å². The Kier molecular flexibility index (Phi) is 6.48. The van der Waals surface area contributed by atoms with Crippen molar-refractivity contribution in [3.63, 3.8) is 0 Å². The van der Waals surface area contributed by atoms with Crippen LogP contribution >= 0.6 is 11.8 Å². The molecule has 0 saturated heterocycles. The van der Waals surface area contributed by atoms with Crippen LogP contribution in [0.5, 0.6) is 0 Å². The van der Waals surface area contributed by atoms with Gasteiger partial charge in [-0.05, 0) is 94.0 Å². The van der Waals surface area contributed by atoms with Crippen molar-refractivity contribution in [2.24, 2.45) is 0 Å². The fourth-order valence-electron chi connectivity index (χ4n) is 9.37. The molecule has 1 spiro atoms. The van der Waals surface area contributed by atoms with E-state index in [4.69, 9.17) is 9.97 Å². The Balaban J connectivity index is 1.09. The van der Waals surface area contributed by atoms with Crippen LogP contribution in [0.25, 0.3) is 72.2 Å². The first-order chi connectivity index (χ1) is 27.3. The van der Waals surface area contributed by atoms with Gasteiger partial charge in [0.1, 0.15) is 0 Å². The summed E-state index contributed by atoms with van der Waals surface area (Å²) in [5, 5.41) is 3.55. The molecular formula is C51H31N3S. The van der Waals surface area contributed by atoms with Crippen molar-refractivity contribution in [1.82, 2.24) is 14.5 Å². The topological polar surface area (TPSA) is 30.7 Å². The van der Waals surface area contributed by atoms with Crippen molar-refractivity contribution in [2.45, 2.75) is 15.2 Å². The first-order valence-corrected chi connectivity index (χ1v) is 19.6. The fraction of sp³-hybridized carbons (Fsp3) is 0.0196. The molecule has 2 aromatic heterocycles. The molecule has 10 aromatic rings. The van der Waals surface area contributed by atoms with E-state index in [-0.39, 0.29) is 0 Å². The summed E-state index contributed by atoms with van der Waals surface area (Å²) in [5.74, 6) is 0.719. The molecule has 4 heteroatoms. The minimum Gasteiger partial charge on any atom is -0.309 e. The van der Waals surface area contributed by atoms with Crippen LogP contribution in [0.1, 0.15) is 22.3 Å². The molecule has 3 heterocycles. The number of hydrogen-bond acceptors (Lipinski definition) is 3. The highest BCUT2D eigenvalue weighted by Crippen LogP contribution is 2.62. The molecule has 12 rings (SSSR count). The van der Waals surface area contributed by atoms with Gasteiger partial charge in [-0.25, -0.2) is 9.97 Å². The highest BCUT2D eigenvalue weighted by Gasteiger charge is 2.50. The molecule has 0 saturated carbocycles. The summed E-state index contributed by atoms with van der Waals surface area (Å²) in [4.78, 5) is 12.8. The van der Waals surface area contributed by atoms with Crippen LogP contribution in [0.2, 0.25) is 0 Å². The average Bonchev–Trinajstić information content (AvgIpc) is 3.73. The Morgan fingerprint density at radius 1 is 0.418 bits per heavy atom. The first kappa shape index (κ1) is 30.7. The summed E-state index contributed by atoms with van der Waals surface area (Å²) in [6.07, 6.45) is 0. The number of hydrogen-bond donors (Lipinski definition) is 0. The van der Waals surface area contributed by atoms with Gasteiger partial charge in [0.25, 0.3) is 0 Å². The number of benzene rings is 8. The molecule has 0 amide bonds. The zero-order valence-electron chi connectivity index (χ0n) is 29.6. The maximum absolute atomic E-state index is 5.16. The summed E-state index contributed by atoms with van der Waals surface area (Å²) < 4.78 is 2.44. The lowest BCUT2D eigenvalue weighted by Gasteiger charge is -2.39. The first-order valence-electron chi connectivity index (χ1n) is 18.7. The molecule has 8 aromatic carbocycles. The van der Waals surface area contributed by atoms with Crippen molar-refractivity contribution in [3.05, 3.63) is 210 Å². The standard InChI is InChI=1S/C51H31N3S/c1-2-14-32(15-3-1)49-37-18-5-10-22-44(37)52-50(53-49)33-26-28-34(29-27-33)54-45-23-11-6-17-36(45)39-30-38-35-16-4-7-19-40(35)51(43(38)31-46(39)54)41-20-8-12-24-47(41)55-48-25-13-9-21-42(48)51/h1-31H. The van der Waals surface area contributed by atoms with Gasteiger partial charge in [0, 0.05) is 42.8 Å². The van der Waals surface area contributed by atoms with Gasteiger partial charge < -0.3 is 4.57 Å². The van der Waals surface area contributed by atoms with E-state index in [9.17, 15) is 0 Å². The Bertz CT molecular complexity index is 3130. The van der Waals surface area contributed by atoms with Gasteiger partial charge in [-0.15, -0.1) is 0 Å². The highest BCUT2D eigenvalue weighted by atomic mass is 32.2. The highest BCUT2D eigenvalue weighted by molar-refractivity contribution is 7.99. The van der Waals surface area contributed by atoms with E-state index in [1.807, 2.05) is 23.9 Å². The van der Waals surface area contributed by atoms with E-state index in [1.165, 1.54) is 65.0 Å². The number of rotatable bonds is 3. The Labute approximate surface area is 322 Å². The predicted octanol–water partition coefficient (Wildman–Crippen LogP) is 12.9. The molecule has 1 aliphatic heterocycles. The van der Waals surface area contributed by atoms with Gasteiger partial charge in [-0.1, -0.05) is 139 Å². The molecule has 0 unspecified atom stereocenters. The molecule has 1 aliphatic carbocycles. The van der Waals surface area contributed by atoms with Crippen LogP contribution in [0.15, 0.2) is 198 Å².